The van der Waals surface area contributed by atoms with Gasteiger partial charge in [-0.1, -0.05) is 48.6 Å². The topological polar surface area (TPSA) is 138 Å². The Bertz CT molecular complexity index is 2540. The first-order valence-corrected chi connectivity index (χ1v) is 16.8. The minimum Gasteiger partial charge on any atom is -0.508 e. The molecule has 0 fully saturated rings. The molecular formula is C44H30N4O4. The smallest absolute Gasteiger partial charge is 0.178 e. The molecular weight excluding hydrogens is 649 g/mol. The molecule has 6 aromatic rings. The quantitative estimate of drug-likeness (QED) is 0.130. The van der Waals surface area contributed by atoms with Crippen molar-refractivity contribution in [1.29, 1.82) is 0 Å². The third-order valence-corrected chi connectivity index (χ3v) is 9.50. The maximum absolute atomic E-state index is 12.2. The zero-order chi connectivity index (χ0) is 35.3. The third-order valence-electron chi connectivity index (χ3n) is 9.50. The van der Waals surface area contributed by atoms with Gasteiger partial charge in [0.1, 0.15) is 11.5 Å². The molecule has 52 heavy (non-hydrogen) atoms. The molecule has 2 aromatic carbocycles. The number of aromatic hydroxyl groups is 2. The summed E-state index contributed by atoms with van der Waals surface area (Å²) in [4.78, 5) is 39.1. The summed E-state index contributed by atoms with van der Waals surface area (Å²) in [5, 5.41) is 22.0. The first kappa shape index (κ1) is 30.7. The highest BCUT2D eigenvalue weighted by Gasteiger charge is 2.22. The van der Waals surface area contributed by atoms with E-state index in [0.717, 1.165) is 89.4 Å². The second-order valence-corrected chi connectivity index (χ2v) is 12.8. The number of ketones is 2. The molecule has 0 atom stereocenters. The number of hydrogen-bond donors (Lipinski definition) is 6. The molecule has 4 aromatic heterocycles. The summed E-state index contributed by atoms with van der Waals surface area (Å²) < 4.78 is 0. The van der Waals surface area contributed by atoms with Crippen LogP contribution in [0.3, 0.4) is 0 Å². The molecule has 1 aliphatic heterocycles. The SMILES string of the molecule is O=C1C=CC(=C2c3ccc([nH]3)C(=C3C=CC(=O)C=C3)c3ccc([nH]3)C(c3ccc(O)cc3)=c3ccc([nH]3)=C(c3ccc(O)cc3)c3ccc2[nH]3)C=C1. The summed E-state index contributed by atoms with van der Waals surface area (Å²) in [6, 6.07) is 30.5. The Balaban J connectivity index is 1.40. The molecule has 250 valence electrons. The average molecular weight is 679 g/mol. The van der Waals surface area contributed by atoms with Crippen molar-refractivity contribution >= 4 is 33.9 Å². The van der Waals surface area contributed by atoms with Gasteiger partial charge in [-0.15, -0.1) is 0 Å². The van der Waals surface area contributed by atoms with E-state index in [1.54, 1.807) is 48.6 Å². The molecule has 9 rings (SSSR count). The van der Waals surface area contributed by atoms with E-state index < -0.39 is 0 Å². The number of nitrogens with one attached hydrogen (secondary N) is 4. The highest BCUT2D eigenvalue weighted by molar-refractivity contribution is 6.04. The lowest BCUT2D eigenvalue weighted by atomic mass is 9.98. The van der Waals surface area contributed by atoms with E-state index in [9.17, 15) is 19.8 Å². The predicted molar refractivity (Wildman–Crippen MR) is 200 cm³/mol. The van der Waals surface area contributed by atoms with Gasteiger partial charge in [0, 0.05) is 67.2 Å². The third kappa shape index (κ3) is 5.45. The van der Waals surface area contributed by atoms with Gasteiger partial charge in [0.15, 0.2) is 11.6 Å². The van der Waals surface area contributed by atoms with Crippen LogP contribution in [-0.2, 0) is 9.59 Å². The Kier molecular flexibility index (Phi) is 7.22. The van der Waals surface area contributed by atoms with Crippen LogP contribution in [0, 0.1) is 0 Å². The number of phenols is 2. The Morgan fingerprint density at radius 3 is 0.962 bits per heavy atom. The number of benzene rings is 2. The van der Waals surface area contributed by atoms with Gasteiger partial charge < -0.3 is 30.1 Å². The van der Waals surface area contributed by atoms with Crippen LogP contribution in [0.25, 0.3) is 22.3 Å². The number of aromatic nitrogens is 4. The van der Waals surface area contributed by atoms with E-state index in [1.165, 1.54) is 0 Å². The zero-order valence-electron chi connectivity index (χ0n) is 27.6. The number of phenolic OH excluding ortho intramolecular Hbond substituents is 2. The Morgan fingerprint density at radius 1 is 0.327 bits per heavy atom. The molecule has 2 aliphatic carbocycles. The number of rotatable bonds is 2. The van der Waals surface area contributed by atoms with Gasteiger partial charge >= 0.3 is 0 Å². The van der Waals surface area contributed by atoms with E-state index in [-0.39, 0.29) is 23.1 Å². The van der Waals surface area contributed by atoms with Crippen molar-refractivity contribution in [1.82, 2.24) is 19.9 Å². The number of hydrogen-bond acceptors (Lipinski definition) is 4. The fourth-order valence-corrected chi connectivity index (χ4v) is 7.07. The average Bonchev–Trinajstić information content (AvgIpc) is 3.99. The van der Waals surface area contributed by atoms with E-state index in [0.29, 0.717) is 0 Å². The van der Waals surface area contributed by atoms with E-state index in [1.807, 2.05) is 97.1 Å². The highest BCUT2D eigenvalue weighted by atomic mass is 16.3. The van der Waals surface area contributed by atoms with Gasteiger partial charge in [-0.2, -0.15) is 0 Å². The van der Waals surface area contributed by atoms with E-state index in [2.05, 4.69) is 19.9 Å². The number of fused-ring (bicyclic) bond motifs is 8. The molecule has 6 N–H and O–H groups in total. The van der Waals surface area contributed by atoms with Crippen molar-refractivity contribution in [3.05, 3.63) is 213 Å². The predicted octanol–water partition coefficient (Wildman–Crippen LogP) is 6.21. The number of carbonyl (C=O) groups excluding carboxylic acids is 2. The van der Waals surface area contributed by atoms with Crippen LogP contribution in [-0.4, -0.2) is 41.7 Å². The van der Waals surface area contributed by atoms with Crippen LogP contribution >= 0.6 is 0 Å². The molecule has 8 nitrogen and oxygen atoms in total. The van der Waals surface area contributed by atoms with Crippen molar-refractivity contribution in [2.45, 2.75) is 0 Å². The molecule has 0 spiro atoms. The van der Waals surface area contributed by atoms with Crippen LogP contribution in [0.5, 0.6) is 11.5 Å². The summed E-state index contributed by atoms with van der Waals surface area (Å²) in [6.07, 6.45) is 13.6. The molecule has 0 radical (unpaired) electrons. The van der Waals surface area contributed by atoms with Crippen molar-refractivity contribution in [3.63, 3.8) is 0 Å². The minimum atomic E-state index is -0.0779. The zero-order valence-corrected chi connectivity index (χ0v) is 27.6. The molecule has 8 heteroatoms. The van der Waals surface area contributed by atoms with Gasteiger partial charge in [-0.3, -0.25) is 9.59 Å². The minimum absolute atomic E-state index is 0.0779. The van der Waals surface area contributed by atoms with Crippen molar-refractivity contribution in [2.24, 2.45) is 0 Å². The largest absolute Gasteiger partial charge is 0.508 e. The Hall–Kier alpha value is -7.32. The van der Waals surface area contributed by atoms with Gasteiger partial charge in [-0.25, -0.2) is 0 Å². The van der Waals surface area contributed by atoms with Gasteiger partial charge in [0.05, 0.1) is 0 Å². The monoisotopic (exact) mass is 678 g/mol. The van der Waals surface area contributed by atoms with E-state index >= 15 is 0 Å². The van der Waals surface area contributed by atoms with Crippen molar-refractivity contribution < 1.29 is 19.8 Å². The van der Waals surface area contributed by atoms with Crippen LogP contribution in [0.2, 0.25) is 0 Å². The second kappa shape index (κ2) is 12.2. The fraction of sp³-hybridized carbons (Fsp3) is 0. The summed E-state index contributed by atoms with van der Waals surface area (Å²) in [6.45, 7) is 0. The maximum atomic E-state index is 12.2. The molecule has 0 saturated carbocycles. The second-order valence-electron chi connectivity index (χ2n) is 12.8. The molecule has 0 amide bonds. The number of allylic oxidation sites excluding steroid dienone is 10. The lowest BCUT2D eigenvalue weighted by Crippen LogP contribution is -2.17. The standard InChI is InChI=1S/C44H30N4O4/c49-29-9-1-25(2-10-29)41-33-17-19-35(45-33)42(26-3-11-30(50)12-4-26)37-21-23-39(47-37)44(28-7-15-32(52)16-8-28)40-24-22-38(48-40)43(36-20-18-34(41)46-36)27-5-13-31(51)14-6-27/h1-24,45-50H. The molecule has 0 unspecified atom stereocenters. The lowest BCUT2D eigenvalue weighted by molar-refractivity contribution is -0.111. The van der Waals surface area contributed by atoms with Gasteiger partial charge in [0.25, 0.3) is 0 Å². The Labute approximate surface area is 297 Å². The number of aromatic amines is 4. The Morgan fingerprint density at radius 2 is 0.635 bits per heavy atom. The summed E-state index contributed by atoms with van der Waals surface area (Å²) in [5.74, 6) is 0.182. The van der Waals surface area contributed by atoms with Crippen molar-refractivity contribution in [2.75, 3.05) is 0 Å². The lowest BCUT2D eigenvalue weighted by Gasteiger charge is -2.13. The van der Waals surface area contributed by atoms with Gasteiger partial charge in [-0.05, 0) is 119 Å². The number of carbonyl (C=O) groups is 2. The molecule has 3 aliphatic rings. The van der Waals surface area contributed by atoms with Crippen LogP contribution < -0.4 is 10.7 Å². The fourth-order valence-electron chi connectivity index (χ4n) is 7.07. The van der Waals surface area contributed by atoms with Crippen LogP contribution in [0.1, 0.15) is 45.3 Å². The summed E-state index contributed by atoms with van der Waals surface area (Å²) in [5.41, 5.74) is 12.0. The van der Waals surface area contributed by atoms with Crippen LogP contribution in [0.4, 0.5) is 0 Å². The molecule has 0 saturated heterocycles. The van der Waals surface area contributed by atoms with Crippen LogP contribution in [0.15, 0.2) is 157 Å². The normalized spacial score (nSPS) is 15.4. The number of H-pyrrole nitrogens is 4. The van der Waals surface area contributed by atoms with Crippen molar-refractivity contribution in [3.8, 4) is 11.5 Å². The van der Waals surface area contributed by atoms with Gasteiger partial charge in [0.2, 0.25) is 0 Å². The molecule has 8 bridgehead atoms. The maximum Gasteiger partial charge on any atom is 0.178 e. The highest BCUT2D eigenvalue weighted by Crippen LogP contribution is 2.35. The first-order valence-electron chi connectivity index (χ1n) is 16.8. The molecule has 5 heterocycles. The summed E-state index contributed by atoms with van der Waals surface area (Å²) in [7, 11) is 0. The summed E-state index contributed by atoms with van der Waals surface area (Å²) >= 11 is 0. The first-order chi connectivity index (χ1) is 25.4. The van der Waals surface area contributed by atoms with E-state index in [4.69, 9.17) is 0 Å².